The van der Waals surface area contributed by atoms with Crippen molar-refractivity contribution in [3.63, 3.8) is 0 Å². The van der Waals surface area contributed by atoms with E-state index >= 15 is 0 Å². The number of sulfone groups is 1. The minimum atomic E-state index is -3.27. The topological polar surface area (TPSA) is 72.5 Å². The molecule has 0 saturated heterocycles. The average molecular weight is 388 g/mol. The molecule has 1 aliphatic rings. The number of anilines is 1. The van der Waals surface area contributed by atoms with Crippen LogP contribution in [0, 0.1) is 0 Å². The minimum Gasteiger partial charge on any atom is -0.484 e. The normalized spacial score (nSPS) is 14.9. The van der Waals surface area contributed by atoms with Gasteiger partial charge in [-0.1, -0.05) is 31.9 Å². The van der Waals surface area contributed by atoms with Gasteiger partial charge in [-0.25, -0.2) is 8.42 Å². The summed E-state index contributed by atoms with van der Waals surface area (Å²) < 4.78 is 30.6. The fourth-order valence-corrected chi connectivity index (χ4v) is 5.14. The van der Waals surface area contributed by atoms with Crippen LogP contribution in [0.1, 0.15) is 38.2 Å². The minimum absolute atomic E-state index is 0.104. The van der Waals surface area contributed by atoms with E-state index in [0.29, 0.717) is 16.3 Å². The van der Waals surface area contributed by atoms with Crippen molar-refractivity contribution in [2.75, 3.05) is 11.9 Å². The summed E-state index contributed by atoms with van der Waals surface area (Å²) in [4.78, 5) is 12.4. The molecule has 0 aliphatic heterocycles. The summed E-state index contributed by atoms with van der Waals surface area (Å²) >= 11 is 0. The van der Waals surface area contributed by atoms with Crippen LogP contribution < -0.4 is 10.1 Å². The second-order valence-electron chi connectivity index (χ2n) is 6.81. The number of aryl methyl sites for hydroxylation is 1. The van der Waals surface area contributed by atoms with E-state index in [2.05, 4.69) is 12.2 Å². The highest BCUT2D eigenvalue weighted by Crippen LogP contribution is 2.30. The molecule has 1 saturated carbocycles. The summed E-state index contributed by atoms with van der Waals surface area (Å²) in [7, 11) is -3.27. The number of amides is 1. The van der Waals surface area contributed by atoms with Crippen molar-refractivity contribution < 1.29 is 17.9 Å². The molecule has 6 heteroatoms. The van der Waals surface area contributed by atoms with Crippen LogP contribution in [-0.2, 0) is 21.1 Å². The molecule has 1 aliphatic carbocycles. The predicted octanol–water partition coefficient (Wildman–Crippen LogP) is 3.98. The van der Waals surface area contributed by atoms with E-state index in [1.54, 1.807) is 24.3 Å². The van der Waals surface area contributed by atoms with Gasteiger partial charge in [-0.2, -0.15) is 0 Å². The maximum atomic E-state index is 12.6. The van der Waals surface area contributed by atoms with Gasteiger partial charge in [0.25, 0.3) is 5.91 Å². The van der Waals surface area contributed by atoms with Crippen LogP contribution in [0.15, 0.2) is 53.4 Å². The number of carbonyl (C=O) groups is 1. The Bertz CT molecular complexity index is 867. The van der Waals surface area contributed by atoms with Crippen molar-refractivity contribution in [3.05, 3.63) is 54.1 Å². The number of ether oxygens (including phenoxy) is 1. The lowest BCUT2D eigenvalue weighted by Crippen LogP contribution is -2.20. The number of hydrogen-bond acceptors (Lipinski definition) is 4. The maximum absolute atomic E-state index is 12.6. The fraction of sp³-hybridized carbons (Fsp3) is 0.381. The summed E-state index contributed by atoms with van der Waals surface area (Å²) in [5.41, 5.74) is 1.76. The standard InChI is InChI=1S/C21H25NO4S/c1-2-16-7-11-18(12-8-16)26-15-21(23)22-17-9-13-20(14-10-17)27(24,25)19-5-3-4-6-19/h7-14,19H,2-6,15H2,1H3,(H,22,23). The highest BCUT2D eigenvalue weighted by Gasteiger charge is 2.30. The Morgan fingerprint density at radius 1 is 1.04 bits per heavy atom. The molecule has 0 heterocycles. The first-order valence-electron chi connectivity index (χ1n) is 9.34. The summed E-state index contributed by atoms with van der Waals surface area (Å²) in [5.74, 6) is 0.348. The summed E-state index contributed by atoms with van der Waals surface area (Å²) in [6, 6.07) is 14.0. The molecule has 0 atom stereocenters. The fourth-order valence-electron chi connectivity index (χ4n) is 3.29. The molecule has 1 fully saturated rings. The smallest absolute Gasteiger partial charge is 0.262 e. The van der Waals surface area contributed by atoms with Gasteiger partial charge in [-0.15, -0.1) is 0 Å². The molecule has 0 bridgehead atoms. The molecule has 3 rings (SSSR count). The van der Waals surface area contributed by atoms with E-state index < -0.39 is 9.84 Å². The van der Waals surface area contributed by atoms with Gasteiger partial charge in [0, 0.05) is 5.69 Å². The molecular weight excluding hydrogens is 362 g/mol. The molecule has 0 aromatic heterocycles. The second-order valence-corrected chi connectivity index (χ2v) is 9.04. The molecule has 1 amide bonds. The Balaban J connectivity index is 1.55. The molecule has 2 aromatic rings. The number of carbonyl (C=O) groups excluding carboxylic acids is 1. The lowest BCUT2D eigenvalue weighted by molar-refractivity contribution is -0.118. The molecular formula is C21H25NO4S. The van der Waals surface area contributed by atoms with Crippen molar-refractivity contribution in [3.8, 4) is 5.75 Å². The number of rotatable bonds is 7. The average Bonchev–Trinajstić information content (AvgIpc) is 3.23. The summed E-state index contributed by atoms with van der Waals surface area (Å²) in [6.45, 7) is 1.97. The van der Waals surface area contributed by atoms with Gasteiger partial charge in [0.1, 0.15) is 5.75 Å². The van der Waals surface area contributed by atoms with E-state index in [0.717, 1.165) is 32.1 Å². The Kier molecular flexibility index (Phi) is 6.16. The molecule has 0 radical (unpaired) electrons. The van der Waals surface area contributed by atoms with Crippen LogP contribution in [-0.4, -0.2) is 26.2 Å². The first-order valence-corrected chi connectivity index (χ1v) is 10.9. The third-order valence-electron chi connectivity index (χ3n) is 4.91. The van der Waals surface area contributed by atoms with Crippen molar-refractivity contribution >= 4 is 21.4 Å². The molecule has 144 valence electrons. The van der Waals surface area contributed by atoms with E-state index in [4.69, 9.17) is 4.74 Å². The van der Waals surface area contributed by atoms with Gasteiger partial charge >= 0.3 is 0 Å². The molecule has 0 unspecified atom stereocenters. The first kappa shape index (κ1) is 19.4. The highest BCUT2D eigenvalue weighted by molar-refractivity contribution is 7.92. The molecule has 0 spiro atoms. The SMILES string of the molecule is CCc1ccc(OCC(=O)Nc2ccc(S(=O)(=O)C3CCCC3)cc2)cc1. The quantitative estimate of drug-likeness (QED) is 0.780. The summed E-state index contributed by atoms with van der Waals surface area (Å²) in [5, 5.41) is 2.45. The Morgan fingerprint density at radius 3 is 2.26 bits per heavy atom. The Hall–Kier alpha value is -2.34. The van der Waals surface area contributed by atoms with Gasteiger partial charge in [-0.05, 0) is 61.2 Å². The van der Waals surface area contributed by atoms with Crippen LogP contribution in [0.4, 0.5) is 5.69 Å². The molecule has 27 heavy (non-hydrogen) atoms. The zero-order valence-corrected chi connectivity index (χ0v) is 16.3. The van der Waals surface area contributed by atoms with Gasteiger partial charge in [0.05, 0.1) is 10.1 Å². The van der Waals surface area contributed by atoms with Crippen LogP contribution in [0.3, 0.4) is 0 Å². The number of hydrogen-bond donors (Lipinski definition) is 1. The Labute approximate surface area is 160 Å². The molecule has 5 nitrogen and oxygen atoms in total. The van der Waals surface area contributed by atoms with Crippen LogP contribution in [0.5, 0.6) is 5.75 Å². The zero-order chi connectivity index (χ0) is 19.3. The lowest BCUT2D eigenvalue weighted by Gasteiger charge is -2.12. The third-order valence-corrected chi connectivity index (χ3v) is 7.19. The Morgan fingerprint density at radius 2 is 1.67 bits per heavy atom. The first-order chi connectivity index (χ1) is 13.0. The van der Waals surface area contributed by atoms with Crippen molar-refractivity contribution in [2.24, 2.45) is 0 Å². The molecule has 1 N–H and O–H groups in total. The van der Waals surface area contributed by atoms with E-state index in [9.17, 15) is 13.2 Å². The van der Waals surface area contributed by atoms with Gasteiger partial charge < -0.3 is 10.1 Å². The van der Waals surface area contributed by atoms with E-state index in [1.165, 1.54) is 5.56 Å². The van der Waals surface area contributed by atoms with E-state index in [-0.39, 0.29) is 17.8 Å². The van der Waals surface area contributed by atoms with E-state index in [1.807, 2.05) is 24.3 Å². The van der Waals surface area contributed by atoms with Crippen molar-refractivity contribution in [2.45, 2.75) is 49.2 Å². The van der Waals surface area contributed by atoms with Gasteiger partial charge in [0.2, 0.25) is 0 Å². The van der Waals surface area contributed by atoms with Gasteiger partial charge in [0.15, 0.2) is 16.4 Å². The number of nitrogens with one attached hydrogen (secondary N) is 1. The van der Waals surface area contributed by atoms with Crippen molar-refractivity contribution in [1.82, 2.24) is 0 Å². The largest absolute Gasteiger partial charge is 0.484 e. The zero-order valence-electron chi connectivity index (χ0n) is 15.5. The summed E-state index contributed by atoms with van der Waals surface area (Å²) in [6.07, 6.45) is 4.36. The highest BCUT2D eigenvalue weighted by atomic mass is 32.2. The van der Waals surface area contributed by atoms with Crippen LogP contribution in [0.2, 0.25) is 0 Å². The van der Waals surface area contributed by atoms with Crippen LogP contribution >= 0.6 is 0 Å². The monoisotopic (exact) mass is 387 g/mol. The lowest BCUT2D eigenvalue weighted by atomic mass is 10.2. The third kappa shape index (κ3) is 4.89. The molecule has 2 aromatic carbocycles. The van der Waals surface area contributed by atoms with Crippen molar-refractivity contribution in [1.29, 1.82) is 0 Å². The maximum Gasteiger partial charge on any atom is 0.262 e. The predicted molar refractivity (Wildman–Crippen MR) is 106 cm³/mol. The second kappa shape index (κ2) is 8.57. The van der Waals surface area contributed by atoms with Crippen LogP contribution in [0.25, 0.3) is 0 Å². The van der Waals surface area contributed by atoms with Gasteiger partial charge in [-0.3, -0.25) is 4.79 Å². The number of benzene rings is 2.